The fourth-order valence-electron chi connectivity index (χ4n) is 1.61. The van der Waals surface area contributed by atoms with Crippen LogP contribution in [0.2, 0.25) is 0 Å². The summed E-state index contributed by atoms with van der Waals surface area (Å²) in [5.41, 5.74) is -0.0630. The van der Waals surface area contributed by atoms with Gasteiger partial charge in [-0.05, 0) is 18.2 Å². The number of anilines is 1. The number of nitro groups is 1. The Balaban J connectivity index is 0.00000242. The minimum atomic E-state index is -3.52. The molecule has 22 heavy (non-hydrogen) atoms. The van der Waals surface area contributed by atoms with Gasteiger partial charge in [0.2, 0.25) is 10.0 Å². The molecule has 0 unspecified atom stereocenters. The average molecular weight is 347 g/mol. The molecule has 0 fully saturated rings. The summed E-state index contributed by atoms with van der Waals surface area (Å²) >= 11 is 0. The first-order valence-corrected chi connectivity index (χ1v) is 7.73. The van der Waals surface area contributed by atoms with Gasteiger partial charge in [0, 0.05) is 6.07 Å². The number of ether oxygens (including phenoxy) is 1. The molecule has 0 saturated carbocycles. The van der Waals surface area contributed by atoms with Crippen LogP contribution >= 0.6 is 0 Å². The third kappa shape index (κ3) is 5.67. The van der Waals surface area contributed by atoms with Crippen molar-refractivity contribution in [3.8, 4) is 11.5 Å². The summed E-state index contributed by atoms with van der Waals surface area (Å²) in [7, 11) is -3.52. The van der Waals surface area contributed by atoms with Gasteiger partial charge < -0.3 is 4.74 Å². The van der Waals surface area contributed by atoms with E-state index in [1.165, 1.54) is 18.2 Å². The molecule has 0 aliphatic carbocycles. The smallest absolute Gasteiger partial charge is 0.455 e. The predicted molar refractivity (Wildman–Crippen MR) is 78.1 cm³/mol. The van der Waals surface area contributed by atoms with E-state index in [1.54, 1.807) is 30.3 Å². The van der Waals surface area contributed by atoms with Crippen LogP contribution in [-0.2, 0) is 10.0 Å². The Morgan fingerprint density at radius 3 is 2.32 bits per heavy atom. The van der Waals surface area contributed by atoms with E-state index in [2.05, 4.69) is 4.72 Å². The van der Waals surface area contributed by atoms with E-state index in [0.29, 0.717) is 5.75 Å². The third-order valence-electron chi connectivity index (χ3n) is 2.44. The van der Waals surface area contributed by atoms with E-state index in [9.17, 15) is 18.5 Å². The quantitative estimate of drug-likeness (QED) is 0.457. The fraction of sp³-hybridized carbons (Fsp3) is 0.0769. The van der Waals surface area contributed by atoms with Crippen LogP contribution in [-0.4, -0.2) is 19.6 Å². The molecule has 0 bridgehead atoms. The van der Waals surface area contributed by atoms with Gasteiger partial charge in [-0.2, -0.15) is 0 Å². The molecule has 0 saturated heterocycles. The van der Waals surface area contributed by atoms with Gasteiger partial charge in [0.25, 0.3) is 5.69 Å². The largest absolute Gasteiger partial charge is 1.00 e. The second kappa shape index (κ2) is 8.04. The standard InChI is InChI=1S/C13H12N2O5S.K/c1-21(18,19)14-12-8-7-10(15(16)17)9-13(12)20-11-5-3-2-4-6-11;/h2-9,14H,1H3;/q;+1. The topological polar surface area (TPSA) is 98.5 Å². The molecule has 2 rings (SSSR count). The molecule has 110 valence electrons. The second-order valence-electron chi connectivity index (χ2n) is 4.23. The van der Waals surface area contributed by atoms with Crippen molar-refractivity contribution >= 4 is 21.4 Å². The van der Waals surface area contributed by atoms with E-state index in [4.69, 9.17) is 4.74 Å². The van der Waals surface area contributed by atoms with E-state index in [0.717, 1.165) is 6.26 Å². The fourth-order valence-corrected chi connectivity index (χ4v) is 2.18. The van der Waals surface area contributed by atoms with Crippen molar-refractivity contribution in [1.82, 2.24) is 0 Å². The van der Waals surface area contributed by atoms with Crippen molar-refractivity contribution in [3.05, 3.63) is 58.6 Å². The predicted octanol–water partition coefficient (Wildman–Crippen LogP) is -0.237. The van der Waals surface area contributed by atoms with Gasteiger partial charge in [-0.3, -0.25) is 14.8 Å². The first-order chi connectivity index (χ1) is 9.85. The Hall–Kier alpha value is -0.974. The maximum Gasteiger partial charge on any atom is 1.00 e. The van der Waals surface area contributed by atoms with Gasteiger partial charge in [-0.25, -0.2) is 8.42 Å². The number of nitrogens with zero attached hydrogens (tertiary/aromatic N) is 1. The second-order valence-corrected chi connectivity index (χ2v) is 5.98. The summed E-state index contributed by atoms with van der Waals surface area (Å²) in [6.45, 7) is 0. The Morgan fingerprint density at radius 1 is 1.14 bits per heavy atom. The molecule has 0 aliphatic heterocycles. The SMILES string of the molecule is CS(=O)(=O)Nc1ccc([N+](=O)[O-])cc1Oc1ccccc1.[K+]. The molecule has 0 spiro atoms. The Kier molecular flexibility index (Phi) is 6.97. The van der Waals surface area contributed by atoms with Crippen molar-refractivity contribution in [2.24, 2.45) is 0 Å². The average Bonchev–Trinajstić information content (AvgIpc) is 2.40. The molecule has 0 aromatic heterocycles. The number of benzene rings is 2. The minimum absolute atomic E-state index is 0. The molecule has 0 radical (unpaired) electrons. The summed E-state index contributed by atoms with van der Waals surface area (Å²) in [5.74, 6) is 0.496. The molecule has 9 heteroatoms. The number of non-ortho nitro benzene ring substituents is 1. The Morgan fingerprint density at radius 2 is 1.77 bits per heavy atom. The molecule has 1 N–H and O–H groups in total. The zero-order valence-electron chi connectivity index (χ0n) is 12.0. The molecule has 0 atom stereocenters. The number of nitro benzene ring substituents is 1. The summed E-state index contributed by atoms with van der Waals surface area (Å²) in [5, 5.41) is 10.8. The molecule has 0 heterocycles. The van der Waals surface area contributed by atoms with Crippen molar-refractivity contribution < 1.29 is 69.5 Å². The van der Waals surface area contributed by atoms with Gasteiger partial charge in [-0.1, -0.05) is 18.2 Å². The molecule has 7 nitrogen and oxygen atoms in total. The van der Waals surface area contributed by atoms with Crippen LogP contribution < -0.4 is 60.8 Å². The van der Waals surface area contributed by atoms with Crippen LogP contribution in [0.15, 0.2) is 48.5 Å². The first-order valence-electron chi connectivity index (χ1n) is 5.84. The van der Waals surface area contributed by atoms with Crippen molar-refractivity contribution in [3.63, 3.8) is 0 Å². The molecular formula is C13H12KN2O5S+. The molecule has 2 aromatic rings. The normalized spacial score (nSPS) is 10.4. The number of sulfonamides is 1. The van der Waals surface area contributed by atoms with Gasteiger partial charge in [-0.15, -0.1) is 0 Å². The van der Waals surface area contributed by atoms with E-state index in [-0.39, 0.29) is 68.5 Å². The zero-order valence-corrected chi connectivity index (χ0v) is 16.0. The van der Waals surface area contributed by atoms with Crippen LogP contribution in [0, 0.1) is 10.1 Å². The molecule has 0 amide bonds. The van der Waals surface area contributed by atoms with Crippen LogP contribution in [0.5, 0.6) is 11.5 Å². The maximum absolute atomic E-state index is 11.3. The molecular weight excluding hydrogens is 335 g/mol. The van der Waals surface area contributed by atoms with Crippen LogP contribution in [0.1, 0.15) is 0 Å². The first kappa shape index (κ1) is 19.1. The van der Waals surface area contributed by atoms with Gasteiger partial charge in [0.05, 0.1) is 22.9 Å². The van der Waals surface area contributed by atoms with Gasteiger partial charge in [0.1, 0.15) is 5.75 Å². The summed E-state index contributed by atoms with van der Waals surface area (Å²) in [6.07, 6.45) is 0.987. The van der Waals surface area contributed by atoms with Crippen LogP contribution in [0.3, 0.4) is 0 Å². The summed E-state index contributed by atoms with van der Waals surface area (Å²) in [4.78, 5) is 10.2. The molecule has 2 aromatic carbocycles. The number of rotatable bonds is 5. The van der Waals surface area contributed by atoms with Crippen LogP contribution in [0.25, 0.3) is 0 Å². The van der Waals surface area contributed by atoms with Crippen molar-refractivity contribution in [2.75, 3.05) is 11.0 Å². The summed E-state index contributed by atoms with van der Waals surface area (Å²) < 4.78 is 30.4. The van der Waals surface area contributed by atoms with Crippen molar-refractivity contribution in [1.29, 1.82) is 0 Å². The van der Waals surface area contributed by atoms with Gasteiger partial charge >= 0.3 is 51.4 Å². The number of para-hydroxylation sites is 1. The molecule has 0 aliphatic rings. The van der Waals surface area contributed by atoms with Crippen molar-refractivity contribution in [2.45, 2.75) is 0 Å². The number of hydrogen-bond acceptors (Lipinski definition) is 5. The van der Waals surface area contributed by atoms with E-state index in [1.807, 2.05) is 0 Å². The zero-order chi connectivity index (χ0) is 15.5. The minimum Gasteiger partial charge on any atom is -0.455 e. The summed E-state index contributed by atoms with van der Waals surface area (Å²) in [6, 6.07) is 12.2. The van der Waals surface area contributed by atoms with E-state index >= 15 is 0 Å². The monoisotopic (exact) mass is 347 g/mol. The maximum atomic E-state index is 11.3. The van der Waals surface area contributed by atoms with Crippen LogP contribution in [0.4, 0.5) is 11.4 Å². The Bertz CT molecular complexity index is 765. The number of hydrogen-bond donors (Lipinski definition) is 1. The Labute approximate surface area is 170 Å². The number of nitrogens with one attached hydrogen (secondary N) is 1. The van der Waals surface area contributed by atoms with E-state index < -0.39 is 14.9 Å². The van der Waals surface area contributed by atoms with Gasteiger partial charge in [0.15, 0.2) is 5.75 Å². The third-order valence-corrected chi connectivity index (χ3v) is 3.03.